The lowest BCUT2D eigenvalue weighted by atomic mass is 10.1. The van der Waals surface area contributed by atoms with Crippen LogP contribution in [0, 0.1) is 6.92 Å². The van der Waals surface area contributed by atoms with Gasteiger partial charge < -0.3 is 21.5 Å². The first-order valence-corrected chi connectivity index (χ1v) is 6.67. The van der Waals surface area contributed by atoms with Gasteiger partial charge in [-0.25, -0.2) is 14.6 Å². The number of amides is 3. The fraction of sp³-hybridized carbons (Fsp3) is 0.455. The Bertz CT molecular complexity index is 502. The normalized spacial score (nSPS) is 11.7. The Labute approximate surface area is 119 Å². The highest BCUT2D eigenvalue weighted by molar-refractivity contribution is 7.11. The molecular formula is C11H16N4O4S. The molecule has 20 heavy (non-hydrogen) atoms. The number of carboxylic acids is 1. The number of nitrogens with zero attached hydrogens (tertiary/aromatic N) is 1. The van der Waals surface area contributed by atoms with E-state index in [1.54, 1.807) is 6.20 Å². The molecule has 0 aliphatic carbocycles. The molecule has 1 rings (SSSR count). The van der Waals surface area contributed by atoms with Crippen molar-refractivity contribution in [2.24, 2.45) is 5.73 Å². The van der Waals surface area contributed by atoms with E-state index in [9.17, 15) is 14.4 Å². The molecule has 0 bridgehead atoms. The molecule has 1 atom stereocenters. The quantitative estimate of drug-likeness (QED) is 0.561. The van der Waals surface area contributed by atoms with E-state index < -0.39 is 23.9 Å². The summed E-state index contributed by atoms with van der Waals surface area (Å²) in [5.74, 6) is -1.83. The number of carbonyl (C=O) groups excluding carboxylic acids is 2. The van der Waals surface area contributed by atoms with Crippen LogP contribution in [-0.4, -0.2) is 34.0 Å². The average Bonchev–Trinajstić information content (AvgIpc) is 2.77. The van der Waals surface area contributed by atoms with Crippen LogP contribution in [0.5, 0.6) is 0 Å². The third-order valence-corrected chi connectivity index (χ3v) is 3.29. The standard InChI is InChI=1S/C11H16N4O4S/c1-6-13-4-7(20-6)5-14-11(19)15-8(10(17)18)2-3-9(12)16/h4,8H,2-3,5H2,1H3,(H2,12,16)(H,17,18)(H2,14,15,19). The third kappa shape index (κ3) is 5.65. The molecule has 3 amide bonds. The lowest BCUT2D eigenvalue weighted by Crippen LogP contribution is -2.46. The molecule has 1 unspecified atom stereocenters. The van der Waals surface area contributed by atoms with E-state index in [-0.39, 0.29) is 19.4 Å². The number of urea groups is 1. The van der Waals surface area contributed by atoms with Crippen LogP contribution in [0.4, 0.5) is 4.79 Å². The van der Waals surface area contributed by atoms with Crippen LogP contribution in [0.25, 0.3) is 0 Å². The van der Waals surface area contributed by atoms with Crippen LogP contribution in [0.2, 0.25) is 0 Å². The molecule has 110 valence electrons. The monoisotopic (exact) mass is 300 g/mol. The van der Waals surface area contributed by atoms with E-state index in [1.165, 1.54) is 11.3 Å². The van der Waals surface area contributed by atoms with Crippen molar-refractivity contribution in [2.75, 3.05) is 0 Å². The Kier molecular flexibility index (Phi) is 5.91. The number of nitrogens with one attached hydrogen (secondary N) is 2. The first-order chi connectivity index (χ1) is 9.38. The first-order valence-electron chi connectivity index (χ1n) is 5.85. The number of aryl methyl sites for hydroxylation is 1. The van der Waals surface area contributed by atoms with Crippen molar-refractivity contribution in [1.82, 2.24) is 15.6 Å². The summed E-state index contributed by atoms with van der Waals surface area (Å²) in [5, 5.41) is 14.6. The SMILES string of the molecule is Cc1ncc(CNC(=O)NC(CCC(N)=O)C(=O)O)s1. The van der Waals surface area contributed by atoms with Crippen molar-refractivity contribution in [3.05, 3.63) is 16.1 Å². The van der Waals surface area contributed by atoms with Gasteiger partial charge in [-0.15, -0.1) is 11.3 Å². The summed E-state index contributed by atoms with van der Waals surface area (Å²) in [5.41, 5.74) is 4.94. The van der Waals surface area contributed by atoms with Crippen molar-refractivity contribution in [3.8, 4) is 0 Å². The molecule has 9 heteroatoms. The van der Waals surface area contributed by atoms with Crippen molar-refractivity contribution in [1.29, 1.82) is 0 Å². The van der Waals surface area contributed by atoms with Gasteiger partial charge in [0, 0.05) is 17.5 Å². The largest absolute Gasteiger partial charge is 0.480 e. The summed E-state index contributed by atoms with van der Waals surface area (Å²) >= 11 is 1.44. The number of rotatable bonds is 7. The maximum Gasteiger partial charge on any atom is 0.326 e. The van der Waals surface area contributed by atoms with Gasteiger partial charge in [0.25, 0.3) is 0 Å². The van der Waals surface area contributed by atoms with Gasteiger partial charge in [0.05, 0.1) is 11.6 Å². The lowest BCUT2D eigenvalue weighted by Gasteiger charge is -2.14. The zero-order valence-electron chi connectivity index (χ0n) is 10.9. The van der Waals surface area contributed by atoms with Crippen LogP contribution < -0.4 is 16.4 Å². The number of carbonyl (C=O) groups is 3. The highest BCUT2D eigenvalue weighted by Crippen LogP contribution is 2.10. The topological polar surface area (TPSA) is 134 Å². The van der Waals surface area contributed by atoms with Crippen LogP contribution in [0.1, 0.15) is 22.7 Å². The minimum absolute atomic E-state index is 0.0439. The summed E-state index contributed by atoms with van der Waals surface area (Å²) in [4.78, 5) is 38.0. The van der Waals surface area contributed by atoms with E-state index >= 15 is 0 Å². The zero-order chi connectivity index (χ0) is 15.1. The Balaban J connectivity index is 2.41. The summed E-state index contributed by atoms with van der Waals surface area (Å²) in [6.07, 6.45) is 1.49. The van der Waals surface area contributed by atoms with Crippen LogP contribution in [0.3, 0.4) is 0 Å². The summed E-state index contributed by atoms with van der Waals surface area (Å²) in [7, 11) is 0. The number of aromatic nitrogens is 1. The van der Waals surface area contributed by atoms with Crippen LogP contribution >= 0.6 is 11.3 Å². The van der Waals surface area contributed by atoms with Gasteiger partial charge in [0.15, 0.2) is 0 Å². The zero-order valence-corrected chi connectivity index (χ0v) is 11.7. The van der Waals surface area contributed by atoms with Gasteiger partial charge in [-0.2, -0.15) is 0 Å². The van der Waals surface area contributed by atoms with E-state index in [2.05, 4.69) is 15.6 Å². The number of hydrogen-bond acceptors (Lipinski definition) is 5. The fourth-order valence-electron chi connectivity index (χ4n) is 1.41. The highest BCUT2D eigenvalue weighted by atomic mass is 32.1. The summed E-state index contributed by atoms with van der Waals surface area (Å²) < 4.78 is 0. The second kappa shape index (κ2) is 7.43. The third-order valence-electron chi connectivity index (χ3n) is 2.38. The Hall–Kier alpha value is -2.16. The molecular weight excluding hydrogens is 284 g/mol. The van der Waals surface area contributed by atoms with E-state index in [0.29, 0.717) is 0 Å². The molecule has 5 N–H and O–H groups in total. The van der Waals surface area contributed by atoms with Gasteiger partial charge in [-0.1, -0.05) is 0 Å². The van der Waals surface area contributed by atoms with Gasteiger partial charge >= 0.3 is 12.0 Å². The predicted molar refractivity (Wildman–Crippen MR) is 72.1 cm³/mol. The number of nitrogens with two attached hydrogens (primary N) is 1. The summed E-state index contributed by atoms with van der Waals surface area (Å²) in [6, 6.07) is -1.77. The van der Waals surface area contributed by atoms with Crippen molar-refractivity contribution < 1.29 is 19.5 Å². The summed E-state index contributed by atoms with van der Waals surface area (Å²) in [6.45, 7) is 2.11. The molecule has 8 nitrogen and oxygen atoms in total. The minimum Gasteiger partial charge on any atom is -0.480 e. The van der Waals surface area contributed by atoms with E-state index in [1.807, 2.05) is 6.92 Å². The highest BCUT2D eigenvalue weighted by Gasteiger charge is 2.20. The predicted octanol–water partition coefficient (Wildman–Crippen LogP) is -0.0306. The average molecular weight is 300 g/mol. The molecule has 0 aliphatic heterocycles. The molecule has 1 aromatic rings. The van der Waals surface area contributed by atoms with E-state index in [4.69, 9.17) is 10.8 Å². The number of aliphatic carboxylic acids is 1. The molecule has 1 heterocycles. The maximum absolute atomic E-state index is 11.6. The molecule has 0 aliphatic rings. The molecule has 0 fully saturated rings. The Morgan fingerprint density at radius 1 is 1.50 bits per heavy atom. The minimum atomic E-state index is -1.21. The Morgan fingerprint density at radius 2 is 2.20 bits per heavy atom. The van der Waals surface area contributed by atoms with Gasteiger partial charge in [0.1, 0.15) is 6.04 Å². The van der Waals surface area contributed by atoms with Gasteiger partial charge in [-0.05, 0) is 13.3 Å². The maximum atomic E-state index is 11.6. The number of hydrogen-bond donors (Lipinski definition) is 4. The second-order valence-electron chi connectivity index (χ2n) is 4.07. The number of carboxylic acid groups (broad SMARTS) is 1. The fourth-order valence-corrected chi connectivity index (χ4v) is 2.14. The molecule has 0 aromatic carbocycles. The van der Waals surface area contributed by atoms with Crippen molar-refractivity contribution in [3.63, 3.8) is 0 Å². The molecule has 0 saturated carbocycles. The molecule has 0 spiro atoms. The molecule has 0 saturated heterocycles. The van der Waals surface area contributed by atoms with E-state index in [0.717, 1.165) is 9.88 Å². The number of thiazole rings is 1. The van der Waals surface area contributed by atoms with Crippen molar-refractivity contribution in [2.45, 2.75) is 32.4 Å². The first kappa shape index (κ1) is 15.9. The van der Waals surface area contributed by atoms with Crippen LogP contribution in [0.15, 0.2) is 6.20 Å². The molecule has 1 aromatic heterocycles. The smallest absolute Gasteiger partial charge is 0.326 e. The van der Waals surface area contributed by atoms with Crippen molar-refractivity contribution >= 4 is 29.2 Å². The Morgan fingerprint density at radius 3 is 2.70 bits per heavy atom. The lowest BCUT2D eigenvalue weighted by molar-refractivity contribution is -0.139. The number of primary amides is 1. The van der Waals surface area contributed by atoms with Gasteiger partial charge in [0.2, 0.25) is 5.91 Å². The second-order valence-corrected chi connectivity index (χ2v) is 5.39. The van der Waals surface area contributed by atoms with Crippen LogP contribution in [-0.2, 0) is 16.1 Å². The molecule has 0 radical (unpaired) electrons. The van der Waals surface area contributed by atoms with Gasteiger partial charge in [-0.3, -0.25) is 4.79 Å².